The van der Waals surface area contributed by atoms with Gasteiger partial charge in [0.2, 0.25) is 0 Å². The van der Waals surface area contributed by atoms with E-state index in [0.29, 0.717) is 0 Å². The van der Waals surface area contributed by atoms with Crippen molar-refractivity contribution in [3.63, 3.8) is 0 Å². The zero-order valence-corrected chi connectivity index (χ0v) is 12.0. The van der Waals surface area contributed by atoms with Crippen molar-refractivity contribution in [2.24, 2.45) is 0 Å². The molecular weight excluding hydrogens is 320 g/mol. The number of rotatable bonds is 4. The molecule has 0 amide bonds. The van der Waals surface area contributed by atoms with Crippen LogP contribution in [0.5, 0.6) is 0 Å². The molecule has 11 nitrogen and oxygen atoms in total. The Morgan fingerprint density at radius 3 is 1.83 bits per heavy atom. The molecule has 5 unspecified atom stereocenters. The molecule has 0 spiro atoms. The lowest BCUT2D eigenvalue weighted by molar-refractivity contribution is -0.325. The van der Waals surface area contributed by atoms with E-state index in [4.69, 9.17) is 19.3 Å². The van der Waals surface area contributed by atoms with Gasteiger partial charge in [-0.15, -0.1) is 0 Å². The monoisotopic (exact) mass is 342 g/mol. The Balaban J connectivity index is 1.94. The lowest BCUT2D eigenvalue weighted by atomic mass is 9.98. The summed E-state index contributed by atoms with van der Waals surface area (Å²) in [6, 6.07) is 0. The largest absolute Gasteiger partial charge is 0.394 e. The van der Waals surface area contributed by atoms with Crippen molar-refractivity contribution in [1.29, 1.82) is 0 Å². The van der Waals surface area contributed by atoms with E-state index in [1.54, 1.807) is 0 Å². The van der Waals surface area contributed by atoms with Crippen molar-refractivity contribution in [1.82, 2.24) is 0 Å². The van der Waals surface area contributed by atoms with Crippen LogP contribution in [0.3, 0.4) is 0 Å². The second-order valence-corrected chi connectivity index (χ2v) is 5.57. The topological polar surface area (TPSA) is 190 Å². The van der Waals surface area contributed by atoms with Crippen LogP contribution in [0.4, 0.5) is 0 Å². The maximum absolute atomic E-state index is 9.78. The van der Waals surface area contributed by atoms with Crippen molar-refractivity contribution in [3.8, 4) is 0 Å². The molecule has 2 saturated heterocycles. The summed E-state index contributed by atoms with van der Waals surface area (Å²) >= 11 is 0. The second kappa shape index (κ2) is 7.63. The molecule has 10 atom stereocenters. The Hall–Kier alpha value is -0.440. The van der Waals surface area contributed by atoms with Crippen LogP contribution in [0, 0.1) is 0 Å². The van der Waals surface area contributed by atoms with E-state index in [2.05, 4.69) is 0 Å². The predicted octanol–water partition coefficient (Wildman–Crippen LogP) is -5.40. The Morgan fingerprint density at radius 2 is 1.22 bits per heavy atom. The molecule has 2 heterocycles. The van der Waals surface area contributed by atoms with E-state index in [9.17, 15) is 35.7 Å². The van der Waals surface area contributed by atoms with Gasteiger partial charge in [-0.2, -0.15) is 0 Å². The lowest BCUT2D eigenvalue weighted by Crippen LogP contribution is -2.61. The lowest BCUT2D eigenvalue weighted by Gasteiger charge is -2.41. The molecule has 0 saturated carbocycles. The van der Waals surface area contributed by atoms with Crippen LogP contribution in [0.15, 0.2) is 0 Å². The minimum atomic E-state index is -1.74. The smallest absolute Gasteiger partial charge is 0.186 e. The zero-order chi connectivity index (χ0) is 17.3. The first kappa shape index (κ1) is 18.9. The molecule has 8 N–H and O–H groups in total. The normalized spacial score (nSPS) is 51.7. The van der Waals surface area contributed by atoms with Gasteiger partial charge < -0.3 is 55.1 Å². The molecule has 0 aromatic heterocycles. The predicted molar refractivity (Wildman–Crippen MR) is 68.6 cm³/mol. The average Bonchev–Trinajstić information content (AvgIpc) is 2.54. The summed E-state index contributed by atoms with van der Waals surface area (Å²) in [7, 11) is 0. The Bertz CT molecular complexity index is 380. The first-order valence-electron chi connectivity index (χ1n) is 7.07. The molecule has 2 rings (SSSR count). The van der Waals surface area contributed by atoms with E-state index in [0.717, 1.165) is 0 Å². The van der Waals surface area contributed by atoms with E-state index < -0.39 is 74.6 Å². The molecule has 0 aromatic rings. The number of aliphatic hydroxyl groups excluding tert-OH is 8. The quantitative estimate of drug-likeness (QED) is 0.243. The molecule has 0 aliphatic carbocycles. The first-order chi connectivity index (χ1) is 10.8. The number of hydrogen-bond donors (Lipinski definition) is 8. The van der Waals surface area contributed by atoms with Crippen molar-refractivity contribution < 1.29 is 55.1 Å². The summed E-state index contributed by atoms with van der Waals surface area (Å²) in [6.07, 6.45) is -15.3. The van der Waals surface area contributed by atoms with Crippen molar-refractivity contribution in [2.75, 3.05) is 13.2 Å². The SMILES string of the molecule is OC[C@H]1O[C@@H](OCC2OC(O)C(O)C(O)C2O)[C@H](O)[C@@H](O)[C@@H]1O. The maximum atomic E-state index is 9.78. The van der Waals surface area contributed by atoms with Gasteiger partial charge in [-0.3, -0.25) is 0 Å². The molecule has 11 heteroatoms. The minimum absolute atomic E-state index is 0.468. The van der Waals surface area contributed by atoms with Gasteiger partial charge in [-0.25, -0.2) is 0 Å². The van der Waals surface area contributed by atoms with Gasteiger partial charge in [0.1, 0.15) is 48.8 Å². The van der Waals surface area contributed by atoms with E-state index in [1.807, 2.05) is 0 Å². The summed E-state index contributed by atoms with van der Waals surface area (Å²) < 4.78 is 15.1. The molecule has 0 bridgehead atoms. The van der Waals surface area contributed by atoms with Gasteiger partial charge in [0.05, 0.1) is 13.2 Å². The standard InChI is InChI=1S/C12H22O11/c13-1-3-5(14)8(17)10(19)12(23-3)21-2-4-6(15)7(16)9(18)11(20)22-4/h3-20H,1-2H2/t3-,4?,5-,6?,7?,8+,9?,10-,11?,12-/m1/s1. The molecular formula is C12H22O11. The summed E-state index contributed by atoms with van der Waals surface area (Å²) in [6.45, 7) is -1.10. The summed E-state index contributed by atoms with van der Waals surface area (Å²) in [5, 5.41) is 76.1. The van der Waals surface area contributed by atoms with Gasteiger partial charge in [-0.1, -0.05) is 0 Å². The summed E-state index contributed by atoms with van der Waals surface area (Å²) in [5.74, 6) is 0. The number of hydrogen-bond acceptors (Lipinski definition) is 11. The van der Waals surface area contributed by atoms with Gasteiger partial charge in [0.25, 0.3) is 0 Å². The fourth-order valence-electron chi connectivity index (χ4n) is 2.46. The van der Waals surface area contributed by atoms with Gasteiger partial charge in [-0.05, 0) is 0 Å². The fraction of sp³-hybridized carbons (Fsp3) is 1.00. The summed E-state index contributed by atoms with van der Waals surface area (Å²) in [4.78, 5) is 0. The fourth-order valence-corrected chi connectivity index (χ4v) is 2.46. The third-order valence-electron chi connectivity index (χ3n) is 3.96. The van der Waals surface area contributed by atoms with Crippen LogP contribution in [-0.2, 0) is 14.2 Å². The number of aliphatic hydroxyl groups is 8. The molecule has 2 fully saturated rings. The Labute approximate surface area is 130 Å². The van der Waals surface area contributed by atoms with Crippen LogP contribution in [-0.4, -0.2) is 115 Å². The molecule has 136 valence electrons. The highest BCUT2D eigenvalue weighted by molar-refractivity contribution is 4.91. The van der Waals surface area contributed by atoms with E-state index >= 15 is 0 Å². The van der Waals surface area contributed by atoms with Crippen LogP contribution >= 0.6 is 0 Å². The third kappa shape index (κ3) is 3.81. The molecule has 0 aromatic carbocycles. The van der Waals surface area contributed by atoms with Gasteiger partial charge in [0.15, 0.2) is 12.6 Å². The Morgan fingerprint density at radius 1 is 0.652 bits per heavy atom. The average molecular weight is 342 g/mol. The third-order valence-corrected chi connectivity index (χ3v) is 3.96. The highest BCUT2D eigenvalue weighted by Gasteiger charge is 2.46. The highest BCUT2D eigenvalue weighted by Crippen LogP contribution is 2.24. The molecule has 23 heavy (non-hydrogen) atoms. The minimum Gasteiger partial charge on any atom is -0.394 e. The Kier molecular flexibility index (Phi) is 6.27. The van der Waals surface area contributed by atoms with Crippen LogP contribution in [0.2, 0.25) is 0 Å². The van der Waals surface area contributed by atoms with E-state index in [-0.39, 0.29) is 0 Å². The van der Waals surface area contributed by atoms with Crippen molar-refractivity contribution in [3.05, 3.63) is 0 Å². The van der Waals surface area contributed by atoms with Gasteiger partial charge >= 0.3 is 0 Å². The maximum Gasteiger partial charge on any atom is 0.186 e. The first-order valence-corrected chi connectivity index (χ1v) is 7.07. The molecule has 2 aliphatic heterocycles. The van der Waals surface area contributed by atoms with Crippen molar-refractivity contribution >= 4 is 0 Å². The number of ether oxygens (including phenoxy) is 3. The second-order valence-electron chi connectivity index (χ2n) is 5.57. The van der Waals surface area contributed by atoms with Crippen LogP contribution in [0.1, 0.15) is 0 Å². The highest BCUT2D eigenvalue weighted by atomic mass is 16.7. The molecule has 2 aliphatic rings. The van der Waals surface area contributed by atoms with E-state index in [1.165, 1.54) is 0 Å². The molecule has 0 radical (unpaired) electrons. The summed E-state index contributed by atoms with van der Waals surface area (Å²) in [5.41, 5.74) is 0. The van der Waals surface area contributed by atoms with Crippen molar-refractivity contribution in [2.45, 2.75) is 61.4 Å². The van der Waals surface area contributed by atoms with Crippen LogP contribution < -0.4 is 0 Å². The van der Waals surface area contributed by atoms with Gasteiger partial charge in [0, 0.05) is 0 Å². The zero-order valence-electron chi connectivity index (χ0n) is 12.0. The van der Waals surface area contributed by atoms with Crippen LogP contribution in [0.25, 0.3) is 0 Å².